The molecule has 0 N–H and O–H groups in total. The minimum Gasteiger partial charge on any atom is -0.456 e. The predicted molar refractivity (Wildman–Crippen MR) is 186 cm³/mol. The summed E-state index contributed by atoms with van der Waals surface area (Å²) in [6, 6.07) is 47.1. The molecule has 4 heteroatoms. The zero-order chi connectivity index (χ0) is 28.8. The highest BCUT2D eigenvalue weighted by Crippen LogP contribution is 2.44. The van der Waals surface area contributed by atoms with Crippen LogP contribution in [0.4, 0.5) is 0 Å². The molecule has 204 valence electrons. The van der Waals surface area contributed by atoms with Crippen LogP contribution in [0.25, 0.3) is 97.2 Å². The highest BCUT2D eigenvalue weighted by atomic mass is 32.1. The van der Waals surface area contributed by atoms with Crippen LogP contribution >= 0.6 is 11.3 Å². The molecule has 44 heavy (non-hydrogen) atoms. The van der Waals surface area contributed by atoms with Crippen molar-refractivity contribution in [2.75, 3.05) is 0 Å². The van der Waals surface area contributed by atoms with Gasteiger partial charge in [-0.25, -0.2) is 9.97 Å². The van der Waals surface area contributed by atoms with E-state index in [1.54, 1.807) is 0 Å². The third kappa shape index (κ3) is 3.37. The van der Waals surface area contributed by atoms with Crippen LogP contribution in [0, 0.1) is 0 Å². The molecular weight excluding hydrogens is 557 g/mol. The van der Waals surface area contributed by atoms with Crippen LogP contribution in [0.5, 0.6) is 0 Å². The lowest BCUT2D eigenvalue weighted by molar-refractivity contribution is 0.669. The van der Waals surface area contributed by atoms with E-state index >= 15 is 0 Å². The molecule has 0 amide bonds. The summed E-state index contributed by atoms with van der Waals surface area (Å²) >= 11 is 1.84. The molecule has 0 saturated carbocycles. The molecule has 0 saturated heterocycles. The summed E-state index contributed by atoms with van der Waals surface area (Å²) in [7, 11) is 0. The molecule has 0 aliphatic rings. The molecule has 0 aliphatic carbocycles. The molecule has 0 unspecified atom stereocenters. The maximum Gasteiger partial charge on any atom is 0.160 e. The van der Waals surface area contributed by atoms with Crippen LogP contribution in [0.3, 0.4) is 0 Å². The quantitative estimate of drug-likeness (QED) is 0.205. The van der Waals surface area contributed by atoms with Gasteiger partial charge in [-0.1, -0.05) is 97.1 Å². The molecule has 0 bridgehead atoms. The van der Waals surface area contributed by atoms with E-state index in [-0.39, 0.29) is 0 Å². The van der Waals surface area contributed by atoms with E-state index in [0.717, 1.165) is 49.7 Å². The van der Waals surface area contributed by atoms with Gasteiger partial charge >= 0.3 is 0 Å². The van der Waals surface area contributed by atoms with E-state index in [0.29, 0.717) is 5.82 Å². The minimum absolute atomic E-state index is 0.709. The normalized spacial score (nSPS) is 12.1. The van der Waals surface area contributed by atoms with Crippen molar-refractivity contribution >= 4 is 85.9 Å². The number of fused-ring (bicyclic) bond motifs is 11. The van der Waals surface area contributed by atoms with Gasteiger partial charge in [0.2, 0.25) is 0 Å². The van der Waals surface area contributed by atoms with E-state index in [2.05, 4.69) is 115 Å². The van der Waals surface area contributed by atoms with E-state index in [1.165, 1.54) is 41.7 Å². The van der Waals surface area contributed by atoms with Gasteiger partial charge in [0.25, 0.3) is 0 Å². The second-order valence-corrected chi connectivity index (χ2v) is 12.4. The maximum absolute atomic E-state index is 6.15. The first-order chi connectivity index (χ1) is 21.8. The van der Waals surface area contributed by atoms with E-state index < -0.39 is 0 Å². The number of thiophene rings is 1. The average Bonchev–Trinajstić information content (AvgIpc) is 3.66. The second-order valence-electron chi connectivity index (χ2n) is 11.3. The van der Waals surface area contributed by atoms with Crippen LogP contribution in [0.2, 0.25) is 0 Å². The van der Waals surface area contributed by atoms with E-state index in [4.69, 9.17) is 14.4 Å². The summed E-state index contributed by atoms with van der Waals surface area (Å²) < 4.78 is 8.67. The van der Waals surface area contributed by atoms with Crippen LogP contribution in [-0.4, -0.2) is 9.97 Å². The first kappa shape index (κ1) is 23.9. The molecule has 0 radical (unpaired) electrons. The number of hydrogen-bond donors (Lipinski definition) is 0. The van der Waals surface area contributed by atoms with Crippen molar-refractivity contribution in [2.45, 2.75) is 0 Å². The summed E-state index contributed by atoms with van der Waals surface area (Å²) in [5.74, 6) is 0.709. The van der Waals surface area contributed by atoms with Gasteiger partial charge in [-0.2, -0.15) is 0 Å². The highest BCUT2D eigenvalue weighted by molar-refractivity contribution is 7.26. The first-order valence-electron chi connectivity index (χ1n) is 14.7. The topological polar surface area (TPSA) is 38.9 Å². The molecule has 0 spiro atoms. The maximum atomic E-state index is 6.15. The zero-order valence-electron chi connectivity index (χ0n) is 23.4. The molecule has 0 fully saturated rings. The highest BCUT2D eigenvalue weighted by Gasteiger charge is 2.19. The van der Waals surface area contributed by atoms with Crippen molar-refractivity contribution in [2.24, 2.45) is 0 Å². The molecule has 3 aromatic heterocycles. The predicted octanol–water partition coefficient (Wildman–Crippen LogP) is 11.5. The van der Waals surface area contributed by atoms with Crippen molar-refractivity contribution in [1.82, 2.24) is 9.97 Å². The Kier molecular flexibility index (Phi) is 4.87. The Balaban J connectivity index is 1.35. The minimum atomic E-state index is 0.709. The van der Waals surface area contributed by atoms with Gasteiger partial charge in [0, 0.05) is 47.5 Å². The van der Waals surface area contributed by atoms with Gasteiger partial charge in [0.1, 0.15) is 11.2 Å². The number of para-hydroxylation sites is 1. The Morgan fingerprint density at radius 1 is 0.500 bits per heavy atom. The van der Waals surface area contributed by atoms with Crippen molar-refractivity contribution in [3.05, 3.63) is 133 Å². The van der Waals surface area contributed by atoms with Crippen LogP contribution in [-0.2, 0) is 0 Å². The number of aromatic nitrogens is 2. The number of hydrogen-bond acceptors (Lipinski definition) is 4. The third-order valence-corrected chi connectivity index (χ3v) is 10.1. The Bertz CT molecular complexity index is 2780. The van der Waals surface area contributed by atoms with E-state index in [1.807, 2.05) is 29.5 Å². The summed E-state index contributed by atoms with van der Waals surface area (Å²) in [6.45, 7) is 0. The number of nitrogens with zero attached hydrogens (tertiary/aromatic N) is 2. The molecule has 0 atom stereocenters. The van der Waals surface area contributed by atoms with Gasteiger partial charge in [-0.15, -0.1) is 11.3 Å². The Morgan fingerprint density at radius 3 is 2.14 bits per heavy atom. The standard InChI is InChI=1S/C40H22N2OS/c1-3-11-26-23(8-1)10-7-14-29(26)37-31-19-21-35-36(30-18-16-24-9-2-4-12-27(24)39(30)44-35)38(31)42-40(41-37)25-17-20-34-32(22-25)28-13-5-6-15-33(28)43-34/h1-22H. The molecule has 7 aromatic carbocycles. The fraction of sp³-hybridized carbons (Fsp3) is 0. The van der Waals surface area contributed by atoms with Crippen molar-refractivity contribution < 1.29 is 4.42 Å². The lowest BCUT2D eigenvalue weighted by Crippen LogP contribution is -1.96. The largest absolute Gasteiger partial charge is 0.456 e. The summed E-state index contributed by atoms with van der Waals surface area (Å²) in [4.78, 5) is 10.7. The average molecular weight is 579 g/mol. The molecular formula is C40H22N2OS. The number of benzene rings is 7. The Morgan fingerprint density at radius 2 is 1.23 bits per heavy atom. The summed E-state index contributed by atoms with van der Waals surface area (Å²) in [5.41, 5.74) is 5.75. The fourth-order valence-corrected chi connectivity index (χ4v) is 8.05. The lowest BCUT2D eigenvalue weighted by Gasteiger charge is -2.13. The van der Waals surface area contributed by atoms with Gasteiger partial charge < -0.3 is 4.42 Å². The van der Waals surface area contributed by atoms with Gasteiger partial charge in [0.05, 0.1) is 11.2 Å². The third-order valence-electron chi connectivity index (χ3n) is 8.87. The molecule has 3 heterocycles. The molecule has 10 rings (SSSR count). The van der Waals surface area contributed by atoms with Crippen molar-refractivity contribution in [1.29, 1.82) is 0 Å². The smallest absolute Gasteiger partial charge is 0.160 e. The summed E-state index contributed by atoms with van der Waals surface area (Å²) in [5, 5.41) is 10.5. The van der Waals surface area contributed by atoms with Gasteiger partial charge in [0.15, 0.2) is 5.82 Å². The number of rotatable bonds is 2. The fourth-order valence-electron chi connectivity index (χ4n) is 6.81. The summed E-state index contributed by atoms with van der Waals surface area (Å²) in [6.07, 6.45) is 0. The second kappa shape index (κ2) is 8.96. The zero-order valence-corrected chi connectivity index (χ0v) is 24.2. The Hall–Kier alpha value is -5.58. The van der Waals surface area contributed by atoms with Crippen LogP contribution in [0.1, 0.15) is 0 Å². The SMILES string of the molecule is c1ccc2c(-c3nc(-c4ccc5oc6ccccc6c5c4)nc4c3ccc3sc5c6ccccc6ccc5c34)cccc2c1. The Labute approximate surface area is 255 Å². The first-order valence-corrected chi connectivity index (χ1v) is 15.6. The molecule has 10 aromatic rings. The van der Waals surface area contributed by atoms with E-state index in [9.17, 15) is 0 Å². The molecule has 3 nitrogen and oxygen atoms in total. The van der Waals surface area contributed by atoms with Gasteiger partial charge in [-0.3, -0.25) is 0 Å². The van der Waals surface area contributed by atoms with Crippen molar-refractivity contribution in [3.63, 3.8) is 0 Å². The van der Waals surface area contributed by atoms with Crippen LogP contribution < -0.4 is 0 Å². The lowest BCUT2D eigenvalue weighted by atomic mass is 9.97. The number of furan rings is 1. The molecule has 0 aliphatic heterocycles. The van der Waals surface area contributed by atoms with Gasteiger partial charge in [-0.05, 0) is 57.9 Å². The monoisotopic (exact) mass is 578 g/mol. The van der Waals surface area contributed by atoms with Crippen LogP contribution in [0.15, 0.2) is 138 Å². The van der Waals surface area contributed by atoms with Crippen molar-refractivity contribution in [3.8, 4) is 22.6 Å².